The van der Waals surface area contributed by atoms with Crippen LogP contribution in [0.4, 0.5) is 0 Å². The van der Waals surface area contributed by atoms with Crippen LogP contribution in [0.5, 0.6) is 11.5 Å². The summed E-state index contributed by atoms with van der Waals surface area (Å²) in [6.45, 7) is 33.0. The van der Waals surface area contributed by atoms with Crippen molar-refractivity contribution in [2.75, 3.05) is 0 Å². The summed E-state index contributed by atoms with van der Waals surface area (Å²) >= 11 is 0. The van der Waals surface area contributed by atoms with E-state index in [1.54, 1.807) is 0 Å². The van der Waals surface area contributed by atoms with Gasteiger partial charge in [-0.25, -0.2) is 0 Å². The van der Waals surface area contributed by atoms with Crippen LogP contribution in [-0.4, -0.2) is 30.9 Å². The third kappa shape index (κ3) is 7.72. The van der Waals surface area contributed by atoms with Crippen LogP contribution < -0.4 is 8.85 Å². The van der Waals surface area contributed by atoms with Gasteiger partial charge in [0, 0.05) is 0 Å². The predicted molar refractivity (Wildman–Crippen MR) is 149 cm³/mol. The third-order valence-corrected chi connectivity index (χ3v) is 20.9. The van der Waals surface area contributed by atoms with Crippen molar-refractivity contribution in [3.05, 3.63) is 23.8 Å². The molecule has 0 N–H and O–H groups in total. The summed E-state index contributed by atoms with van der Waals surface area (Å²) in [6.07, 6.45) is 0.237. The van der Waals surface area contributed by atoms with E-state index in [-0.39, 0.29) is 27.5 Å². The van der Waals surface area contributed by atoms with Crippen molar-refractivity contribution in [2.24, 2.45) is 0 Å². The fourth-order valence-electron chi connectivity index (χ4n) is 2.32. The molecule has 0 atom stereocenters. The molecule has 0 heterocycles. The quantitative estimate of drug-likeness (QED) is 0.345. The van der Waals surface area contributed by atoms with Gasteiger partial charge >= 0.3 is 0 Å². The Morgan fingerprint density at radius 2 is 1.06 bits per heavy atom. The van der Waals surface area contributed by atoms with Gasteiger partial charge in [0.05, 0.1) is 6.42 Å². The lowest BCUT2D eigenvalue weighted by atomic mass is 10.1. The monoisotopic (exact) mass is 510 g/mol. The summed E-state index contributed by atoms with van der Waals surface area (Å²) in [6, 6.07) is 5.96. The Hall–Kier alpha value is -1.06. The van der Waals surface area contributed by atoms with Crippen molar-refractivity contribution in [3.8, 4) is 11.5 Å². The smallest absolute Gasteiger partial charge is 0.296 e. The van der Waals surface area contributed by atoms with Gasteiger partial charge in [-0.1, -0.05) is 68.4 Å². The Bertz CT molecular complexity index is 839. The molecule has 1 aromatic carbocycles. The van der Waals surface area contributed by atoms with Crippen molar-refractivity contribution in [3.63, 3.8) is 0 Å². The summed E-state index contributed by atoms with van der Waals surface area (Å²) in [5.41, 5.74) is 0.898. The number of carbonyl (C=O) groups excluding carboxylic acids is 1. The number of benzene rings is 1. The first-order valence-corrected chi connectivity index (χ1v) is 20.8. The first kappa shape index (κ1) is 30.0. The predicted octanol–water partition coefficient (Wildman–Crippen LogP) is 8.55. The fourth-order valence-corrected chi connectivity index (χ4v) is 5.31. The summed E-state index contributed by atoms with van der Waals surface area (Å²) in [5.74, 6) is 1.37. The first-order chi connectivity index (χ1) is 14.4. The Kier molecular flexibility index (Phi) is 8.66. The third-order valence-electron chi connectivity index (χ3n) is 7.87. The van der Waals surface area contributed by atoms with Crippen LogP contribution in [0.1, 0.15) is 67.9 Å². The summed E-state index contributed by atoms with van der Waals surface area (Å²) < 4.78 is 19.4. The van der Waals surface area contributed by atoms with E-state index in [4.69, 9.17) is 13.3 Å². The van der Waals surface area contributed by atoms with Gasteiger partial charge in [-0.3, -0.25) is 4.79 Å². The minimum atomic E-state index is -2.16. The zero-order chi connectivity index (χ0) is 26.3. The second-order valence-corrected chi connectivity index (χ2v) is 28.1. The molecule has 0 radical (unpaired) electrons. The second-order valence-electron chi connectivity index (χ2n) is 13.9. The molecular formula is C26H50O4Si3. The maximum atomic E-state index is 12.8. The summed E-state index contributed by atoms with van der Waals surface area (Å²) in [5, 5.41) is 0.117. The van der Waals surface area contributed by atoms with Crippen molar-refractivity contribution in [2.45, 2.75) is 123 Å². The summed E-state index contributed by atoms with van der Waals surface area (Å²) in [7, 11) is -6.30. The van der Waals surface area contributed by atoms with Gasteiger partial charge in [0.2, 0.25) is 0 Å². The topological polar surface area (TPSA) is 44.8 Å². The molecule has 7 heteroatoms. The van der Waals surface area contributed by atoms with Crippen LogP contribution in [0.2, 0.25) is 54.4 Å². The van der Waals surface area contributed by atoms with E-state index in [0.717, 1.165) is 17.1 Å². The summed E-state index contributed by atoms with van der Waals surface area (Å²) in [4.78, 5) is 12.8. The number of rotatable bonds is 7. The van der Waals surface area contributed by atoms with Crippen molar-refractivity contribution < 1.29 is 18.1 Å². The molecule has 190 valence electrons. The largest absolute Gasteiger partial charge is 0.541 e. The number of hydrogen-bond donors (Lipinski definition) is 0. The van der Waals surface area contributed by atoms with Crippen LogP contribution >= 0.6 is 0 Å². The minimum Gasteiger partial charge on any atom is -0.541 e. The highest BCUT2D eigenvalue weighted by atomic mass is 28.4. The highest BCUT2D eigenvalue weighted by Crippen LogP contribution is 2.44. The molecule has 1 aromatic rings. The Morgan fingerprint density at radius 1 is 0.667 bits per heavy atom. The van der Waals surface area contributed by atoms with Gasteiger partial charge in [0.1, 0.15) is 11.5 Å². The van der Waals surface area contributed by atoms with Crippen LogP contribution in [0.25, 0.3) is 0 Å². The Labute approximate surface area is 207 Å². The molecule has 0 saturated carbocycles. The first-order valence-electron chi connectivity index (χ1n) is 12.1. The Morgan fingerprint density at radius 3 is 1.45 bits per heavy atom. The molecule has 0 unspecified atom stereocenters. The van der Waals surface area contributed by atoms with Gasteiger partial charge in [-0.05, 0) is 72.1 Å². The van der Waals surface area contributed by atoms with Crippen LogP contribution in [-0.2, 0) is 15.6 Å². The maximum absolute atomic E-state index is 12.8. The lowest BCUT2D eigenvalue weighted by Crippen LogP contribution is -2.45. The molecule has 0 aliphatic heterocycles. The molecule has 0 saturated heterocycles. The molecule has 0 bridgehead atoms. The van der Waals surface area contributed by atoms with E-state index in [2.05, 4.69) is 102 Å². The highest BCUT2D eigenvalue weighted by molar-refractivity contribution is 6.76. The molecule has 0 spiro atoms. The lowest BCUT2D eigenvalue weighted by Gasteiger charge is -2.39. The Balaban J connectivity index is 3.33. The van der Waals surface area contributed by atoms with Crippen molar-refractivity contribution in [1.82, 2.24) is 0 Å². The van der Waals surface area contributed by atoms with E-state index >= 15 is 0 Å². The van der Waals surface area contributed by atoms with Gasteiger partial charge in [-0.15, -0.1) is 0 Å². The van der Waals surface area contributed by atoms with Gasteiger partial charge in [0.15, 0.2) is 0 Å². The molecule has 0 amide bonds. The molecule has 0 aromatic heterocycles. The number of hydrogen-bond acceptors (Lipinski definition) is 4. The van der Waals surface area contributed by atoms with E-state index in [0.29, 0.717) is 0 Å². The highest BCUT2D eigenvalue weighted by Gasteiger charge is 2.43. The van der Waals surface area contributed by atoms with Crippen molar-refractivity contribution >= 4 is 30.9 Å². The molecule has 4 nitrogen and oxygen atoms in total. The van der Waals surface area contributed by atoms with E-state index in [9.17, 15) is 4.79 Å². The fraction of sp³-hybridized carbons (Fsp3) is 0.731. The lowest BCUT2D eigenvalue weighted by molar-refractivity contribution is -0.134. The normalized spacial score (nSPS) is 14.2. The van der Waals surface area contributed by atoms with Crippen LogP contribution in [0.15, 0.2) is 18.2 Å². The standard InChI is InChI=1S/C26H50O4Si3/c1-24(2,3)31(10,11)28-21-17-16-20(18-22(21)29-32(12,13)25(4,5)6)19-23(27)30-33(14,15)26(7,8)9/h16-18H,19H2,1-15H3. The van der Waals surface area contributed by atoms with E-state index in [1.165, 1.54) is 0 Å². The van der Waals surface area contributed by atoms with Crippen LogP contribution in [0.3, 0.4) is 0 Å². The van der Waals surface area contributed by atoms with Crippen molar-refractivity contribution in [1.29, 1.82) is 0 Å². The average Bonchev–Trinajstić information content (AvgIpc) is 2.53. The van der Waals surface area contributed by atoms with Gasteiger partial charge < -0.3 is 13.3 Å². The molecule has 33 heavy (non-hydrogen) atoms. The van der Waals surface area contributed by atoms with Crippen LogP contribution in [0, 0.1) is 0 Å². The molecule has 0 aliphatic rings. The van der Waals surface area contributed by atoms with E-state index < -0.39 is 25.0 Å². The molecular weight excluding hydrogens is 461 g/mol. The van der Waals surface area contributed by atoms with Gasteiger partial charge in [0.25, 0.3) is 30.9 Å². The molecule has 1 rings (SSSR count). The molecule has 0 aliphatic carbocycles. The zero-order valence-electron chi connectivity index (χ0n) is 24.1. The molecule has 0 fully saturated rings. The maximum Gasteiger partial charge on any atom is 0.296 e. The van der Waals surface area contributed by atoms with E-state index in [1.807, 2.05) is 18.2 Å². The SMILES string of the molecule is CC(C)(C)[Si](C)(C)OC(=O)Cc1ccc(O[Si](C)(C)C(C)(C)C)c(O[Si](C)(C)C(C)(C)C)c1. The zero-order valence-corrected chi connectivity index (χ0v) is 27.1. The minimum absolute atomic E-state index is 0.0138. The average molecular weight is 511 g/mol. The van der Waals surface area contributed by atoms with Gasteiger partial charge in [-0.2, -0.15) is 0 Å². The number of carbonyl (C=O) groups is 1. The second kappa shape index (κ2) is 9.53.